The van der Waals surface area contributed by atoms with Crippen molar-refractivity contribution in [2.75, 3.05) is 19.1 Å². The van der Waals surface area contributed by atoms with Gasteiger partial charge in [-0.3, -0.25) is 28.9 Å². The molecule has 2 aromatic rings. The van der Waals surface area contributed by atoms with E-state index in [-0.39, 0.29) is 68.8 Å². The zero-order valence-electron chi connectivity index (χ0n) is 23.0. The maximum atomic E-state index is 14.0. The van der Waals surface area contributed by atoms with E-state index in [0.717, 1.165) is 4.90 Å². The summed E-state index contributed by atoms with van der Waals surface area (Å²) in [5, 5.41) is 11.2. The van der Waals surface area contributed by atoms with Gasteiger partial charge in [0.05, 0.1) is 36.2 Å². The third kappa shape index (κ3) is 4.07. The summed E-state index contributed by atoms with van der Waals surface area (Å²) in [6, 6.07) is 9.30. The number of halogens is 1. The molecule has 3 aliphatic carbocycles. The minimum Gasteiger partial charge on any atom is -0.507 e. The summed E-state index contributed by atoms with van der Waals surface area (Å²) in [5.74, 6) is -4.21. The Morgan fingerprint density at radius 3 is 2.36 bits per heavy atom. The molecule has 2 amide bonds. The van der Waals surface area contributed by atoms with E-state index in [9.17, 15) is 29.1 Å². The molecule has 4 atom stereocenters. The van der Waals surface area contributed by atoms with Crippen LogP contribution >= 0.6 is 15.9 Å². The monoisotopic (exact) mass is 631 g/mol. The Morgan fingerprint density at radius 1 is 1.00 bits per heavy atom. The van der Waals surface area contributed by atoms with Gasteiger partial charge in [0, 0.05) is 46.4 Å². The topological polar surface area (TPSA) is 127 Å². The van der Waals surface area contributed by atoms with Crippen LogP contribution in [-0.4, -0.2) is 48.5 Å². The molecule has 9 nitrogen and oxygen atoms in total. The summed E-state index contributed by atoms with van der Waals surface area (Å²) in [6.45, 7) is 1.44. The third-order valence-electron chi connectivity index (χ3n) is 8.70. The van der Waals surface area contributed by atoms with Gasteiger partial charge in [-0.2, -0.15) is 0 Å². The second-order valence-corrected chi connectivity index (χ2v) is 11.6. The fraction of sp³-hybridized carbons (Fsp3) is 0.281. The highest BCUT2D eigenvalue weighted by molar-refractivity contribution is 9.12. The largest absolute Gasteiger partial charge is 0.507 e. The van der Waals surface area contributed by atoms with E-state index < -0.39 is 29.6 Å². The summed E-state index contributed by atoms with van der Waals surface area (Å²) in [6.07, 6.45) is 3.41. The Bertz CT molecular complexity index is 1700. The smallest absolute Gasteiger partial charge is 0.238 e. The molecule has 0 bridgehead atoms. The predicted octanol–water partition coefficient (Wildman–Crippen LogP) is 4.58. The van der Waals surface area contributed by atoms with Crippen LogP contribution in [0.25, 0.3) is 0 Å². The van der Waals surface area contributed by atoms with Crippen LogP contribution in [0, 0.1) is 17.8 Å². The van der Waals surface area contributed by atoms with Crippen molar-refractivity contribution >= 4 is 50.8 Å². The lowest BCUT2D eigenvalue weighted by molar-refractivity contribution is -0.123. The lowest BCUT2D eigenvalue weighted by Gasteiger charge is -2.42. The Kier molecular flexibility index (Phi) is 6.76. The van der Waals surface area contributed by atoms with Crippen molar-refractivity contribution < 1.29 is 38.6 Å². The van der Waals surface area contributed by atoms with Gasteiger partial charge in [-0.15, -0.1) is 0 Å². The Balaban J connectivity index is 1.50. The molecule has 0 radical (unpaired) electrons. The number of ketones is 3. The number of nitrogens with zero attached hydrogens (tertiary/aromatic N) is 1. The van der Waals surface area contributed by atoms with E-state index in [4.69, 9.17) is 9.47 Å². The van der Waals surface area contributed by atoms with Crippen molar-refractivity contribution in [2.24, 2.45) is 17.8 Å². The molecule has 0 saturated carbocycles. The van der Waals surface area contributed by atoms with Crippen LogP contribution in [0.2, 0.25) is 0 Å². The Hall–Kier alpha value is -4.31. The number of carbonyl (C=O) groups excluding carboxylic acids is 5. The standard InChI is InChI=1S/C32H26BrNO8/c1-14(35)15-4-6-16(7-5-15)34-31(39)19-9-8-18-20(26(19)32(34)40)12-21-27(24(37)13-22(33)30(21)38)28(18)29-23(36)10-17(41-2)11-25(29)42-3/h4-8,10-11,13,19-20,26,28,36H,9,12H2,1-3H3. The number of phenolic OH excluding ortho intramolecular Hbond substituents is 1. The van der Waals surface area contributed by atoms with Gasteiger partial charge in [0.2, 0.25) is 11.8 Å². The quantitative estimate of drug-likeness (QED) is 0.220. The molecule has 1 saturated heterocycles. The van der Waals surface area contributed by atoms with Gasteiger partial charge in [0.25, 0.3) is 0 Å². The molecule has 1 N–H and O–H groups in total. The summed E-state index contributed by atoms with van der Waals surface area (Å²) >= 11 is 3.21. The van der Waals surface area contributed by atoms with E-state index in [1.807, 2.05) is 6.08 Å². The summed E-state index contributed by atoms with van der Waals surface area (Å²) in [7, 11) is 2.88. The van der Waals surface area contributed by atoms with Crippen molar-refractivity contribution in [3.63, 3.8) is 0 Å². The van der Waals surface area contributed by atoms with Crippen LogP contribution in [0.4, 0.5) is 5.69 Å². The highest BCUT2D eigenvalue weighted by atomic mass is 79.9. The van der Waals surface area contributed by atoms with E-state index in [1.54, 1.807) is 30.3 Å². The lowest BCUT2D eigenvalue weighted by atomic mass is 9.59. The first-order valence-electron chi connectivity index (χ1n) is 13.4. The first kappa shape index (κ1) is 27.8. The minimum absolute atomic E-state index is 0.0850. The highest BCUT2D eigenvalue weighted by Crippen LogP contribution is 2.58. The van der Waals surface area contributed by atoms with Crippen molar-refractivity contribution in [3.05, 3.63) is 80.9 Å². The number of rotatable bonds is 5. The molecule has 2 aromatic carbocycles. The van der Waals surface area contributed by atoms with Crippen LogP contribution in [0.5, 0.6) is 17.2 Å². The summed E-state index contributed by atoms with van der Waals surface area (Å²) in [4.78, 5) is 67.6. The molecule has 4 aliphatic rings. The Morgan fingerprint density at radius 2 is 1.71 bits per heavy atom. The van der Waals surface area contributed by atoms with Gasteiger partial charge < -0.3 is 14.6 Å². The van der Waals surface area contributed by atoms with Gasteiger partial charge in [0.1, 0.15) is 17.2 Å². The number of benzene rings is 2. The molecule has 0 aromatic heterocycles. The number of allylic oxidation sites excluding steroid dienone is 6. The van der Waals surface area contributed by atoms with Crippen molar-refractivity contribution in [1.82, 2.24) is 0 Å². The molecule has 4 unspecified atom stereocenters. The number of amides is 2. The molecule has 1 aliphatic heterocycles. The molecule has 0 spiro atoms. The maximum absolute atomic E-state index is 14.0. The fourth-order valence-corrected chi connectivity index (χ4v) is 7.25. The van der Waals surface area contributed by atoms with E-state index in [1.165, 1.54) is 33.3 Å². The number of imide groups is 1. The van der Waals surface area contributed by atoms with Crippen LogP contribution in [0.1, 0.15) is 41.6 Å². The number of carbonyl (C=O) groups is 5. The van der Waals surface area contributed by atoms with Gasteiger partial charge in [-0.25, -0.2) is 0 Å². The number of fused-ring (bicyclic) bond motifs is 3. The first-order valence-corrected chi connectivity index (χ1v) is 14.2. The number of hydrogen-bond acceptors (Lipinski definition) is 8. The minimum atomic E-state index is -0.888. The zero-order chi connectivity index (χ0) is 30.0. The molecular weight excluding hydrogens is 606 g/mol. The van der Waals surface area contributed by atoms with Crippen LogP contribution < -0.4 is 14.4 Å². The summed E-state index contributed by atoms with van der Waals surface area (Å²) in [5.41, 5.74) is 2.24. The van der Waals surface area contributed by atoms with Crippen LogP contribution in [0.3, 0.4) is 0 Å². The van der Waals surface area contributed by atoms with Gasteiger partial charge in [-0.1, -0.05) is 11.6 Å². The van der Waals surface area contributed by atoms with Crippen LogP contribution in [-0.2, 0) is 19.2 Å². The second-order valence-electron chi connectivity index (χ2n) is 10.8. The first-order chi connectivity index (χ1) is 20.1. The normalized spacial score (nSPS) is 25.0. The molecule has 214 valence electrons. The third-order valence-corrected chi connectivity index (χ3v) is 9.29. The van der Waals surface area contributed by atoms with Crippen molar-refractivity contribution in [3.8, 4) is 17.2 Å². The number of anilines is 1. The average molecular weight is 632 g/mol. The Labute approximate surface area is 249 Å². The van der Waals surface area contributed by atoms with Crippen LogP contribution in [0.15, 0.2) is 69.8 Å². The number of Topliss-reactive ketones (excluding diaryl/α,β-unsaturated/α-hetero) is 2. The van der Waals surface area contributed by atoms with Gasteiger partial charge >= 0.3 is 0 Å². The number of ether oxygens (including phenoxy) is 2. The lowest BCUT2D eigenvalue weighted by Crippen LogP contribution is -2.39. The molecule has 6 rings (SSSR count). The van der Waals surface area contributed by atoms with Gasteiger partial charge in [0.15, 0.2) is 17.3 Å². The van der Waals surface area contributed by atoms with Gasteiger partial charge in [-0.05, 0) is 65.9 Å². The molecule has 42 heavy (non-hydrogen) atoms. The average Bonchev–Trinajstić information content (AvgIpc) is 3.23. The van der Waals surface area contributed by atoms with E-state index in [0.29, 0.717) is 22.6 Å². The number of methoxy groups -OCH3 is 2. The fourth-order valence-electron chi connectivity index (χ4n) is 6.80. The van der Waals surface area contributed by atoms with E-state index in [2.05, 4.69) is 15.9 Å². The molecule has 10 heteroatoms. The molecule has 1 heterocycles. The zero-order valence-corrected chi connectivity index (χ0v) is 24.6. The maximum Gasteiger partial charge on any atom is 0.238 e. The van der Waals surface area contributed by atoms with E-state index >= 15 is 0 Å². The number of phenols is 1. The van der Waals surface area contributed by atoms with Crippen molar-refractivity contribution in [1.29, 1.82) is 0 Å². The SMILES string of the molecule is COc1cc(O)c(C2C3=CCC4C(=O)N(c5ccc(C(C)=O)cc5)C(=O)C4C3CC3=C2C(=O)C=C(Br)C3=O)c(OC)c1. The number of hydrogen-bond donors (Lipinski definition) is 1. The molecular formula is C32H26BrNO8. The predicted molar refractivity (Wildman–Crippen MR) is 155 cm³/mol. The summed E-state index contributed by atoms with van der Waals surface area (Å²) < 4.78 is 11.0. The highest BCUT2D eigenvalue weighted by Gasteiger charge is 2.57. The second kappa shape index (κ2) is 10.2. The van der Waals surface area contributed by atoms with Crippen molar-refractivity contribution in [2.45, 2.75) is 25.7 Å². The molecule has 1 fully saturated rings. The number of aromatic hydroxyl groups is 1.